The van der Waals surface area contributed by atoms with Crippen molar-refractivity contribution in [1.82, 2.24) is 8.61 Å². The summed E-state index contributed by atoms with van der Waals surface area (Å²) in [4.78, 5) is 12.9. The van der Waals surface area contributed by atoms with Gasteiger partial charge in [0.25, 0.3) is 5.91 Å². The van der Waals surface area contributed by atoms with Crippen LogP contribution in [0.2, 0.25) is 0 Å². The molecular formula is C22H29N3O5S2. The molecule has 2 aromatic rings. The lowest BCUT2D eigenvalue weighted by Crippen LogP contribution is -2.38. The largest absolute Gasteiger partial charge is 0.322 e. The van der Waals surface area contributed by atoms with Gasteiger partial charge in [-0.3, -0.25) is 4.79 Å². The molecule has 174 valence electrons. The number of benzene rings is 2. The maximum Gasteiger partial charge on any atom is 0.255 e. The van der Waals surface area contributed by atoms with Crippen LogP contribution < -0.4 is 5.32 Å². The Bertz CT molecular complexity index is 1190. The van der Waals surface area contributed by atoms with Crippen molar-refractivity contribution in [2.24, 2.45) is 0 Å². The molecule has 1 N–H and O–H groups in total. The second-order valence-corrected chi connectivity index (χ2v) is 12.3. The van der Waals surface area contributed by atoms with Gasteiger partial charge in [0.05, 0.1) is 9.79 Å². The van der Waals surface area contributed by atoms with Crippen LogP contribution in [0.15, 0.2) is 58.3 Å². The molecule has 0 atom stereocenters. The zero-order valence-electron chi connectivity index (χ0n) is 18.5. The minimum atomic E-state index is -3.73. The Kier molecular flexibility index (Phi) is 7.39. The molecule has 32 heavy (non-hydrogen) atoms. The molecule has 3 rings (SSSR count). The predicted octanol–water partition coefficient (Wildman–Crippen LogP) is 3.14. The molecule has 0 bridgehead atoms. The number of nitrogens with one attached hydrogen (secondary N) is 1. The van der Waals surface area contributed by atoms with Crippen molar-refractivity contribution < 1.29 is 21.6 Å². The number of carbonyl (C=O) groups is 1. The normalized spacial score (nSPS) is 15.8. The standard InChI is InChI=1S/C22H29N3O5S2/c1-24(2)31(27,28)21-14-8-10-18(16-21)23-22(26)17-9-7-13-20(15-17)32(29,30)25(3)19-11-5-4-6-12-19/h7-10,13-16,19H,4-6,11-12H2,1-3H3,(H,23,26). The fourth-order valence-electron chi connectivity index (χ4n) is 3.75. The molecule has 1 saturated carbocycles. The van der Waals surface area contributed by atoms with Gasteiger partial charge in [0, 0.05) is 38.4 Å². The Morgan fingerprint density at radius 2 is 1.44 bits per heavy atom. The monoisotopic (exact) mass is 479 g/mol. The van der Waals surface area contributed by atoms with E-state index in [2.05, 4.69) is 5.32 Å². The quantitative estimate of drug-likeness (QED) is 0.657. The van der Waals surface area contributed by atoms with Gasteiger partial charge in [-0.25, -0.2) is 21.1 Å². The zero-order valence-corrected chi connectivity index (χ0v) is 20.1. The van der Waals surface area contributed by atoms with E-state index in [9.17, 15) is 21.6 Å². The number of amides is 1. The minimum absolute atomic E-state index is 0.0346. The summed E-state index contributed by atoms with van der Waals surface area (Å²) in [6.45, 7) is 0. The highest BCUT2D eigenvalue weighted by Gasteiger charge is 2.29. The predicted molar refractivity (Wildman–Crippen MR) is 124 cm³/mol. The van der Waals surface area contributed by atoms with E-state index in [1.807, 2.05) is 0 Å². The van der Waals surface area contributed by atoms with E-state index in [4.69, 9.17) is 0 Å². The summed E-state index contributed by atoms with van der Waals surface area (Å²) in [7, 11) is -2.94. The number of sulfonamides is 2. The molecule has 2 aromatic carbocycles. The van der Waals surface area contributed by atoms with Gasteiger partial charge in [-0.05, 0) is 49.2 Å². The lowest BCUT2D eigenvalue weighted by Gasteiger charge is -2.30. The fraction of sp³-hybridized carbons (Fsp3) is 0.409. The van der Waals surface area contributed by atoms with Gasteiger partial charge in [0.15, 0.2) is 0 Å². The molecular weight excluding hydrogens is 450 g/mol. The second-order valence-electron chi connectivity index (χ2n) is 8.11. The van der Waals surface area contributed by atoms with Crippen molar-refractivity contribution in [2.75, 3.05) is 26.5 Å². The van der Waals surface area contributed by atoms with E-state index in [-0.39, 0.29) is 21.4 Å². The average Bonchev–Trinajstić information content (AvgIpc) is 2.79. The van der Waals surface area contributed by atoms with Crippen molar-refractivity contribution in [3.63, 3.8) is 0 Å². The van der Waals surface area contributed by atoms with Gasteiger partial charge < -0.3 is 5.32 Å². The highest BCUT2D eigenvalue weighted by molar-refractivity contribution is 7.89. The van der Waals surface area contributed by atoms with E-state index in [1.54, 1.807) is 13.1 Å². The third-order valence-corrected chi connectivity index (χ3v) is 9.45. The Balaban J connectivity index is 1.82. The van der Waals surface area contributed by atoms with Gasteiger partial charge in [-0.15, -0.1) is 0 Å². The highest BCUT2D eigenvalue weighted by atomic mass is 32.2. The summed E-state index contributed by atoms with van der Waals surface area (Å²) in [5.41, 5.74) is 0.467. The number of hydrogen-bond donors (Lipinski definition) is 1. The van der Waals surface area contributed by atoms with Crippen LogP contribution in [-0.4, -0.2) is 58.5 Å². The molecule has 1 aliphatic carbocycles. The number of rotatable bonds is 7. The molecule has 1 amide bonds. The minimum Gasteiger partial charge on any atom is -0.322 e. The Morgan fingerprint density at radius 3 is 2.06 bits per heavy atom. The first kappa shape index (κ1) is 24.4. The van der Waals surface area contributed by atoms with Crippen LogP contribution in [0.4, 0.5) is 5.69 Å². The van der Waals surface area contributed by atoms with E-state index in [0.717, 1.165) is 36.4 Å². The summed E-state index contributed by atoms with van der Waals surface area (Å²) >= 11 is 0. The van der Waals surface area contributed by atoms with E-state index < -0.39 is 26.0 Å². The third kappa shape index (κ3) is 5.20. The lowest BCUT2D eigenvalue weighted by atomic mass is 9.96. The molecule has 0 saturated heterocycles. The maximum atomic E-state index is 13.1. The average molecular weight is 480 g/mol. The first-order valence-electron chi connectivity index (χ1n) is 10.5. The van der Waals surface area contributed by atoms with E-state index >= 15 is 0 Å². The first-order chi connectivity index (χ1) is 15.0. The molecule has 0 radical (unpaired) electrons. The van der Waals surface area contributed by atoms with Crippen LogP contribution in [0.3, 0.4) is 0 Å². The fourth-order valence-corrected chi connectivity index (χ4v) is 6.16. The summed E-state index contributed by atoms with van der Waals surface area (Å²) in [5, 5.41) is 2.65. The smallest absolute Gasteiger partial charge is 0.255 e. The van der Waals surface area contributed by atoms with Crippen molar-refractivity contribution >= 4 is 31.6 Å². The summed E-state index contributed by atoms with van der Waals surface area (Å²) in [6, 6.07) is 11.8. The molecule has 0 aliphatic heterocycles. The second kappa shape index (κ2) is 9.70. The molecule has 1 aliphatic rings. The Morgan fingerprint density at radius 1 is 0.844 bits per heavy atom. The first-order valence-corrected chi connectivity index (χ1v) is 13.3. The van der Waals surface area contributed by atoms with Crippen molar-refractivity contribution in [1.29, 1.82) is 0 Å². The molecule has 0 heterocycles. The highest BCUT2D eigenvalue weighted by Crippen LogP contribution is 2.27. The molecule has 10 heteroatoms. The molecule has 1 fully saturated rings. The molecule has 8 nitrogen and oxygen atoms in total. The topological polar surface area (TPSA) is 104 Å². The summed E-state index contributed by atoms with van der Waals surface area (Å²) in [6.07, 6.45) is 4.81. The van der Waals surface area contributed by atoms with Crippen LogP contribution in [0.25, 0.3) is 0 Å². The number of anilines is 1. The zero-order chi connectivity index (χ0) is 23.5. The van der Waals surface area contributed by atoms with Gasteiger partial charge >= 0.3 is 0 Å². The Labute approximate surface area is 190 Å². The van der Waals surface area contributed by atoms with Gasteiger partial charge in [-0.2, -0.15) is 4.31 Å². The Hall–Kier alpha value is -2.27. The van der Waals surface area contributed by atoms with Crippen LogP contribution in [0.1, 0.15) is 42.5 Å². The van der Waals surface area contributed by atoms with Crippen LogP contribution >= 0.6 is 0 Å². The van der Waals surface area contributed by atoms with E-state index in [0.29, 0.717) is 5.69 Å². The number of nitrogens with zero attached hydrogens (tertiary/aromatic N) is 2. The van der Waals surface area contributed by atoms with Crippen molar-refractivity contribution in [3.05, 3.63) is 54.1 Å². The summed E-state index contributed by atoms with van der Waals surface area (Å²) < 4.78 is 53.4. The molecule has 0 unspecified atom stereocenters. The van der Waals surface area contributed by atoms with Crippen molar-refractivity contribution in [3.8, 4) is 0 Å². The molecule has 0 spiro atoms. The van der Waals surface area contributed by atoms with Gasteiger partial charge in [0.2, 0.25) is 20.0 Å². The van der Waals surface area contributed by atoms with E-state index in [1.165, 1.54) is 60.9 Å². The van der Waals surface area contributed by atoms with Gasteiger partial charge in [-0.1, -0.05) is 31.4 Å². The number of carbonyl (C=O) groups excluding carboxylic acids is 1. The van der Waals surface area contributed by atoms with Crippen LogP contribution in [-0.2, 0) is 20.0 Å². The van der Waals surface area contributed by atoms with Crippen LogP contribution in [0, 0.1) is 0 Å². The SMILES string of the molecule is CN(C)S(=O)(=O)c1cccc(NC(=O)c2cccc(S(=O)(=O)N(C)C3CCCCC3)c2)c1. The van der Waals surface area contributed by atoms with Crippen molar-refractivity contribution in [2.45, 2.75) is 47.9 Å². The lowest BCUT2D eigenvalue weighted by molar-refractivity contribution is 0.102. The molecule has 0 aromatic heterocycles. The number of hydrogen-bond acceptors (Lipinski definition) is 5. The van der Waals surface area contributed by atoms with Crippen LogP contribution in [0.5, 0.6) is 0 Å². The van der Waals surface area contributed by atoms with Gasteiger partial charge in [0.1, 0.15) is 0 Å². The maximum absolute atomic E-state index is 13.1. The third-order valence-electron chi connectivity index (χ3n) is 5.73. The summed E-state index contributed by atoms with van der Waals surface area (Å²) in [5.74, 6) is -0.526.